The van der Waals surface area contributed by atoms with E-state index < -0.39 is 0 Å². The van der Waals surface area contributed by atoms with E-state index in [2.05, 4.69) is 17.0 Å². The summed E-state index contributed by atoms with van der Waals surface area (Å²) in [5, 5.41) is 8.74. The molecule has 0 atom stereocenters. The topological polar surface area (TPSA) is 43.8 Å². The summed E-state index contributed by atoms with van der Waals surface area (Å²) in [6, 6.07) is 10.2. The van der Waals surface area contributed by atoms with Crippen molar-refractivity contribution in [1.29, 1.82) is 0 Å². The fourth-order valence-electron chi connectivity index (χ4n) is 2.11. The van der Waals surface area contributed by atoms with Crippen LogP contribution in [-0.4, -0.2) is 48.7 Å². The summed E-state index contributed by atoms with van der Waals surface area (Å²) >= 11 is 0. The Morgan fingerprint density at radius 2 is 1.76 bits per heavy atom. The minimum atomic E-state index is -0.0578. The molecule has 1 saturated heterocycles. The van der Waals surface area contributed by atoms with E-state index in [-0.39, 0.29) is 18.9 Å². The number of carbonyl (C=O) groups excluding carboxylic acids is 1. The number of benzene rings is 1. The molecule has 0 unspecified atom stereocenters. The first-order valence-corrected chi connectivity index (χ1v) is 6.00. The first kappa shape index (κ1) is 11.9. The van der Waals surface area contributed by atoms with Gasteiger partial charge in [0.15, 0.2) is 0 Å². The Balaban J connectivity index is 1.88. The van der Waals surface area contributed by atoms with Gasteiger partial charge in [-0.15, -0.1) is 0 Å². The summed E-state index contributed by atoms with van der Waals surface area (Å²) < 4.78 is 0. The molecule has 0 aliphatic carbocycles. The van der Waals surface area contributed by atoms with Crippen molar-refractivity contribution in [1.82, 2.24) is 4.90 Å². The van der Waals surface area contributed by atoms with Gasteiger partial charge < -0.3 is 14.9 Å². The van der Waals surface area contributed by atoms with Crippen molar-refractivity contribution in [3.05, 3.63) is 30.3 Å². The molecular weight excluding hydrogens is 216 g/mol. The third kappa shape index (κ3) is 2.97. The lowest BCUT2D eigenvalue weighted by molar-refractivity contribution is -0.132. The van der Waals surface area contributed by atoms with Gasteiger partial charge in [0, 0.05) is 38.3 Å². The number of para-hydroxylation sites is 1. The van der Waals surface area contributed by atoms with Crippen molar-refractivity contribution >= 4 is 11.6 Å². The van der Waals surface area contributed by atoms with Crippen molar-refractivity contribution in [3.8, 4) is 0 Å². The van der Waals surface area contributed by atoms with Gasteiger partial charge in [-0.3, -0.25) is 4.79 Å². The molecule has 1 N–H and O–H groups in total. The maximum absolute atomic E-state index is 11.6. The summed E-state index contributed by atoms with van der Waals surface area (Å²) in [7, 11) is 0. The molecule has 0 saturated carbocycles. The van der Waals surface area contributed by atoms with Gasteiger partial charge in [-0.25, -0.2) is 0 Å². The van der Waals surface area contributed by atoms with Crippen LogP contribution in [0.3, 0.4) is 0 Å². The quantitative estimate of drug-likeness (QED) is 0.838. The van der Waals surface area contributed by atoms with Crippen LogP contribution in [0.5, 0.6) is 0 Å². The van der Waals surface area contributed by atoms with Gasteiger partial charge in [0.25, 0.3) is 0 Å². The van der Waals surface area contributed by atoms with Crippen molar-refractivity contribution in [2.24, 2.45) is 0 Å². The van der Waals surface area contributed by atoms with Crippen LogP contribution in [0.25, 0.3) is 0 Å². The molecule has 1 heterocycles. The number of amides is 1. The van der Waals surface area contributed by atoms with Crippen molar-refractivity contribution in [3.63, 3.8) is 0 Å². The zero-order chi connectivity index (χ0) is 12.1. The van der Waals surface area contributed by atoms with Crippen LogP contribution < -0.4 is 4.90 Å². The van der Waals surface area contributed by atoms with Gasteiger partial charge in [-0.2, -0.15) is 0 Å². The van der Waals surface area contributed by atoms with Crippen LogP contribution in [0.2, 0.25) is 0 Å². The Morgan fingerprint density at radius 3 is 2.35 bits per heavy atom. The maximum Gasteiger partial charge on any atom is 0.225 e. The lowest BCUT2D eigenvalue weighted by Crippen LogP contribution is -2.48. The number of nitrogens with zero attached hydrogens (tertiary/aromatic N) is 2. The predicted octanol–water partition coefficient (Wildman–Crippen LogP) is 0.718. The molecule has 1 fully saturated rings. The molecular formula is C13H18N2O2. The average molecular weight is 234 g/mol. The summed E-state index contributed by atoms with van der Waals surface area (Å²) in [5.41, 5.74) is 1.21. The lowest BCUT2D eigenvalue weighted by Gasteiger charge is -2.36. The molecule has 1 aromatic carbocycles. The molecule has 92 valence electrons. The van der Waals surface area contributed by atoms with E-state index in [0.717, 1.165) is 26.2 Å². The minimum Gasteiger partial charge on any atom is -0.396 e. The van der Waals surface area contributed by atoms with E-state index in [0.29, 0.717) is 0 Å². The van der Waals surface area contributed by atoms with Gasteiger partial charge in [0.2, 0.25) is 5.91 Å². The summed E-state index contributed by atoms with van der Waals surface area (Å²) in [6.45, 7) is 3.15. The van der Waals surface area contributed by atoms with Gasteiger partial charge in [-0.1, -0.05) is 18.2 Å². The van der Waals surface area contributed by atoms with Gasteiger partial charge in [0.05, 0.1) is 6.61 Å². The zero-order valence-corrected chi connectivity index (χ0v) is 9.88. The fraction of sp³-hybridized carbons (Fsp3) is 0.462. The number of rotatable bonds is 3. The number of hydrogen-bond acceptors (Lipinski definition) is 3. The highest BCUT2D eigenvalue weighted by molar-refractivity contribution is 5.76. The monoisotopic (exact) mass is 234 g/mol. The van der Waals surface area contributed by atoms with Crippen molar-refractivity contribution < 1.29 is 9.90 Å². The number of aliphatic hydroxyl groups is 1. The Hall–Kier alpha value is -1.55. The summed E-state index contributed by atoms with van der Waals surface area (Å²) in [5.74, 6) is 0.0558. The lowest BCUT2D eigenvalue weighted by atomic mass is 10.2. The second kappa shape index (κ2) is 5.68. The van der Waals surface area contributed by atoms with E-state index in [1.54, 1.807) is 0 Å². The molecule has 17 heavy (non-hydrogen) atoms. The number of piperazine rings is 1. The third-order valence-corrected chi connectivity index (χ3v) is 3.08. The Morgan fingerprint density at radius 1 is 1.12 bits per heavy atom. The molecule has 0 spiro atoms. The van der Waals surface area contributed by atoms with Crippen LogP contribution >= 0.6 is 0 Å². The second-order valence-electron chi connectivity index (χ2n) is 4.18. The first-order valence-electron chi connectivity index (χ1n) is 6.00. The van der Waals surface area contributed by atoms with Gasteiger partial charge in [0.1, 0.15) is 0 Å². The Kier molecular flexibility index (Phi) is 3.98. The smallest absolute Gasteiger partial charge is 0.225 e. The zero-order valence-electron chi connectivity index (χ0n) is 9.88. The highest BCUT2D eigenvalue weighted by Gasteiger charge is 2.20. The molecule has 2 rings (SSSR count). The number of anilines is 1. The molecule has 1 aromatic rings. The van der Waals surface area contributed by atoms with Crippen molar-refractivity contribution in [2.75, 3.05) is 37.7 Å². The summed E-state index contributed by atoms with van der Waals surface area (Å²) in [4.78, 5) is 15.7. The van der Waals surface area contributed by atoms with E-state index in [1.165, 1.54) is 5.69 Å². The minimum absolute atomic E-state index is 0.0558. The van der Waals surface area contributed by atoms with Crippen LogP contribution in [0, 0.1) is 0 Å². The van der Waals surface area contributed by atoms with Crippen LogP contribution in [0.1, 0.15) is 6.42 Å². The molecule has 0 radical (unpaired) electrons. The van der Waals surface area contributed by atoms with E-state index >= 15 is 0 Å². The molecule has 1 amide bonds. The normalized spacial score (nSPS) is 16.1. The Labute approximate surface area is 101 Å². The Bertz CT molecular complexity index is 359. The summed E-state index contributed by atoms with van der Waals surface area (Å²) in [6.07, 6.45) is 0.241. The molecule has 1 aliphatic heterocycles. The fourth-order valence-corrected chi connectivity index (χ4v) is 2.11. The highest BCUT2D eigenvalue weighted by atomic mass is 16.3. The molecule has 0 aromatic heterocycles. The number of hydrogen-bond donors (Lipinski definition) is 1. The van der Waals surface area contributed by atoms with Crippen LogP contribution in [-0.2, 0) is 4.79 Å². The highest BCUT2D eigenvalue weighted by Crippen LogP contribution is 2.15. The molecule has 4 heteroatoms. The molecule has 4 nitrogen and oxygen atoms in total. The molecule has 0 bridgehead atoms. The van der Waals surface area contributed by atoms with Gasteiger partial charge >= 0.3 is 0 Å². The van der Waals surface area contributed by atoms with Crippen LogP contribution in [0.4, 0.5) is 5.69 Å². The second-order valence-corrected chi connectivity index (χ2v) is 4.18. The average Bonchev–Trinajstić information content (AvgIpc) is 2.40. The number of aliphatic hydroxyl groups excluding tert-OH is 1. The van der Waals surface area contributed by atoms with E-state index in [9.17, 15) is 4.79 Å². The van der Waals surface area contributed by atoms with Crippen molar-refractivity contribution in [2.45, 2.75) is 6.42 Å². The SMILES string of the molecule is O=C(CCO)N1CCN(c2ccccc2)CC1. The van der Waals surface area contributed by atoms with E-state index in [1.807, 2.05) is 23.1 Å². The standard InChI is InChI=1S/C13H18N2O2/c16-11-6-13(17)15-9-7-14(8-10-15)12-4-2-1-3-5-12/h1-5,16H,6-11H2. The van der Waals surface area contributed by atoms with Crippen LogP contribution in [0.15, 0.2) is 30.3 Å². The predicted molar refractivity (Wildman–Crippen MR) is 66.9 cm³/mol. The van der Waals surface area contributed by atoms with Gasteiger partial charge in [-0.05, 0) is 12.1 Å². The first-order chi connectivity index (χ1) is 8.31. The largest absolute Gasteiger partial charge is 0.396 e. The third-order valence-electron chi connectivity index (χ3n) is 3.08. The molecule has 1 aliphatic rings. The maximum atomic E-state index is 11.6. The number of carbonyl (C=O) groups is 1. The van der Waals surface area contributed by atoms with E-state index in [4.69, 9.17) is 5.11 Å².